The van der Waals surface area contributed by atoms with Crippen molar-refractivity contribution in [1.82, 2.24) is 9.80 Å². The topological polar surface area (TPSA) is 40.6 Å². The number of hydrogen-bond acceptors (Lipinski definition) is 2. The number of thiol groups is 2. The highest BCUT2D eigenvalue weighted by molar-refractivity contribution is 7.96. The number of carbonyl (C=O) groups excluding carboxylic acids is 2. The Bertz CT molecular complexity index is 650. The van der Waals surface area contributed by atoms with Crippen LogP contribution in [0, 0.1) is 0 Å². The van der Waals surface area contributed by atoms with E-state index in [0.717, 1.165) is 64.7 Å². The van der Waals surface area contributed by atoms with Crippen LogP contribution in [0.2, 0.25) is 0 Å². The maximum atomic E-state index is 12.0. The molecule has 0 bridgehead atoms. The highest BCUT2D eigenvalue weighted by Crippen LogP contribution is 2.16. The minimum atomic E-state index is -0.0865. The monoisotopic (exact) mass is 741 g/mol. The van der Waals surface area contributed by atoms with Crippen molar-refractivity contribution in [3.05, 3.63) is 0 Å². The zero-order valence-corrected chi connectivity index (χ0v) is 35.7. The third kappa shape index (κ3) is 37.4. The molecule has 50 heavy (non-hydrogen) atoms. The Labute approximate surface area is 325 Å². The lowest BCUT2D eigenvalue weighted by molar-refractivity contribution is 0.217. The maximum absolute atomic E-state index is 12.0. The number of unbranched alkanes of at least 4 members (excludes halogenated alkanes) is 33. The van der Waals surface area contributed by atoms with Gasteiger partial charge in [0.1, 0.15) is 0 Å². The lowest BCUT2D eigenvalue weighted by atomic mass is 10.0. The Balaban J connectivity index is 3.63. The molecule has 2 amide bonds. The third-order valence-electron chi connectivity index (χ3n) is 10.7. The summed E-state index contributed by atoms with van der Waals surface area (Å²) in [6, 6.07) is 0. The number of rotatable bonds is 41. The predicted molar refractivity (Wildman–Crippen MR) is 229 cm³/mol. The van der Waals surface area contributed by atoms with Gasteiger partial charge in [-0.25, -0.2) is 0 Å². The van der Waals surface area contributed by atoms with Crippen LogP contribution in [0.15, 0.2) is 0 Å². The molecule has 0 N–H and O–H groups in total. The summed E-state index contributed by atoms with van der Waals surface area (Å²) in [4.78, 5) is 27.9. The summed E-state index contributed by atoms with van der Waals surface area (Å²) in [5.74, 6) is 0. The van der Waals surface area contributed by atoms with Crippen LogP contribution in [-0.4, -0.2) is 46.5 Å². The fourth-order valence-corrected chi connectivity index (χ4v) is 7.67. The number of carbonyl (C=O) groups is 2. The maximum Gasteiger partial charge on any atom is 0.278 e. The van der Waals surface area contributed by atoms with Crippen LogP contribution in [0.1, 0.15) is 245 Å². The molecule has 0 aliphatic rings. The largest absolute Gasteiger partial charge is 0.334 e. The van der Waals surface area contributed by atoms with E-state index in [2.05, 4.69) is 39.1 Å². The fourth-order valence-electron chi connectivity index (χ4n) is 7.27. The molecule has 298 valence electrons. The minimum Gasteiger partial charge on any atom is -0.334 e. The molecule has 0 aromatic carbocycles. The van der Waals surface area contributed by atoms with Crippen LogP contribution < -0.4 is 0 Å². The van der Waals surface area contributed by atoms with Gasteiger partial charge < -0.3 is 9.80 Å². The lowest BCUT2D eigenvalue weighted by Crippen LogP contribution is -2.29. The molecule has 0 aliphatic heterocycles. The minimum absolute atomic E-state index is 0.0865. The van der Waals surface area contributed by atoms with Gasteiger partial charge >= 0.3 is 0 Å². The normalized spacial score (nSPS) is 11.4. The quantitative estimate of drug-likeness (QED) is 0.0484. The summed E-state index contributed by atoms with van der Waals surface area (Å²) in [6.07, 6.45) is 47.9. The van der Waals surface area contributed by atoms with Gasteiger partial charge in [-0.3, -0.25) is 9.59 Å². The van der Waals surface area contributed by atoms with E-state index in [-0.39, 0.29) is 10.5 Å². The Morgan fingerprint density at radius 1 is 0.280 bits per heavy atom. The molecular formula is C44H88N2O2S2. The number of hydrogen-bond donors (Lipinski definition) is 2. The molecule has 0 aliphatic carbocycles. The SMILES string of the molecule is CCCCCCCCCCCCCCCCCCN(CCCCCCN(CCCCCCCCCCCCCCCCCC)C(=O)S)C(=O)S. The summed E-state index contributed by atoms with van der Waals surface area (Å²) in [7, 11) is 0. The molecule has 0 aromatic heterocycles. The smallest absolute Gasteiger partial charge is 0.278 e. The lowest BCUT2D eigenvalue weighted by Gasteiger charge is -2.21. The molecule has 0 rings (SSSR count). The molecule has 0 saturated heterocycles. The van der Waals surface area contributed by atoms with Gasteiger partial charge in [0.25, 0.3) is 10.5 Å². The van der Waals surface area contributed by atoms with Crippen molar-refractivity contribution in [3.8, 4) is 0 Å². The van der Waals surface area contributed by atoms with Crippen molar-refractivity contribution < 1.29 is 9.59 Å². The second-order valence-electron chi connectivity index (χ2n) is 15.6. The first-order valence-corrected chi connectivity index (χ1v) is 23.4. The Hall–Kier alpha value is -0.360. The molecule has 0 saturated carbocycles. The van der Waals surface area contributed by atoms with Crippen molar-refractivity contribution >= 4 is 35.7 Å². The van der Waals surface area contributed by atoms with Crippen molar-refractivity contribution in [1.29, 1.82) is 0 Å². The zero-order valence-electron chi connectivity index (χ0n) is 33.9. The molecule has 0 aromatic rings. The van der Waals surface area contributed by atoms with Crippen molar-refractivity contribution in [2.45, 2.75) is 245 Å². The Morgan fingerprint density at radius 3 is 0.560 bits per heavy atom. The van der Waals surface area contributed by atoms with Crippen LogP contribution in [0.25, 0.3) is 0 Å². The van der Waals surface area contributed by atoms with Crippen LogP contribution >= 0.6 is 25.3 Å². The zero-order chi connectivity index (χ0) is 36.6. The van der Waals surface area contributed by atoms with Crippen LogP contribution in [0.3, 0.4) is 0 Å². The van der Waals surface area contributed by atoms with E-state index in [0.29, 0.717) is 0 Å². The standard InChI is InChI=1S/C44H88N2O2S2/c1-3-5-7-9-11-13-15-17-19-21-23-25-27-29-31-35-39-45(43(47)49)41-37-33-34-38-42-46(44(48)50)40-36-32-30-28-26-24-22-20-18-16-14-12-10-8-6-4-2/h3-42H2,1-2H3,(H,47,49)(H,48,50). The van der Waals surface area contributed by atoms with E-state index in [4.69, 9.17) is 0 Å². The first-order chi connectivity index (χ1) is 24.5. The van der Waals surface area contributed by atoms with Gasteiger partial charge in [0.2, 0.25) is 0 Å². The average Bonchev–Trinajstić information content (AvgIpc) is 3.10. The summed E-state index contributed by atoms with van der Waals surface area (Å²) < 4.78 is 0. The summed E-state index contributed by atoms with van der Waals surface area (Å²) in [5, 5.41) is -0.173. The van der Waals surface area contributed by atoms with E-state index in [1.54, 1.807) is 0 Å². The first kappa shape index (κ1) is 49.6. The molecule has 0 fully saturated rings. The van der Waals surface area contributed by atoms with Gasteiger partial charge in [0, 0.05) is 26.2 Å². The molecule has 0 spiro atoms. The molecule has 0 atom stereocenters. The molecule has 4 nitrogen and oxygen atoms in total. The van der Waals surface area contributed by atoms with Crippen LogP contribution in [0.5, 0.6) is 0 Å². The van der Waals surface area contributed by atoms with E-state index in [1.807, 2.05) is 9.80 Å². The van der Waals surface area contributed by atoms with E-state index in [9.17, 15) is 9.59 Å². The van der Waals surface area contributed by atoms with E-state index >= 15 is 0 Å². The Kier molecular flexibility index (Phi) is 41.1. The second-order valence-corrected chi connectivity index (χ2v) is 16.3. The van der Waals surface area contributed by atoms with Gasteiger partial charge in [0.15, 0.2) is 0 Å². The molecule has 0 unspecified atom stereocenters. The summed E-state index contributed by atoms with van der Waals surface area (Å²) >= 11 is 8.29. The first-order valence-electron chi connectivity index (χ1n) is 22.5. The molecule has 6 heteroatoms. The van der Waals surface area contributed by atoms with Gasteiger partial charge in [-0.15, -0.1) is 0 Å². The van der Waals surface area contributed by atoms with Gasteiger partial charge in [0.05, 0.1) is 0 Å². The Morgan fingerprint density at radius 2 is 0.420 bits per heavy atom. The number of nitrogens with zero attached hydrogens (tertiary/aromatic N) is 2. The van der Waals surface area contributed by atoms with Gasteiger partial charge in [-0.05, 0) is 25.7 Å². The predicted octanol–water partition coefficient (Wildman–Crippen LogP) is 15.8. The molecule has 0 radical (unpaired) electrons. The highest BCUT2D eigenvalue weighted by Gasteiger charge is 2.11. The van der Waals surface area contributed by atoms with Crippen LogP contribution in [-0.2, 0) is 0 Å². The molecule has 0 heterocycles. The third-order valence-corrected chi connectivity index (χ3v) is 11.3. The fraction of sp³-hybridized carbons (Fsp3) is 0.955. The van der Waals surface area contributed by atoms with Crippen LogP contribution in [0.4, 0.5) is 9.59 Å². The van der Waals surface area contributed by atoms with Gasteiger partial charge in [-0.1, -0.05) is 245 Å². The van der Waals surface area contributed by atoms with E-state index < -0.39 is 0 Å². The van der Waals surface area contributed by atoms with Crippen molar-refractivity contribution in [2.75, 3.05) is 26.2 Å². The molecular weight excluding hydrogens is 653 g/mol. The van der Waals surface area contributed by atoms with Crippen molar-refractivity contribution in [3.63, 3.8) is 0 Å². The summed E-state index contributed by atoms with van der Waals surface area (Å²) in [5.41, 5.74) is 0. The second kappa shape index (κ2) is 41.4. The van der Waals surface area contributed by atoms with Crippen molar-refractivity contribution in [2.24, 2.45) is 0 Å². The average molecular weight is 741 g/mol. The summed E-state index contributed by atoms with van der Waals surface area (Å²) in [6.45, 7) is 7.85. The highest BCUT2D eigenvalue weighted by atomic mass is 32.1. The van der Waals surface area contributed by atoms with E-state index in [1.165, 1.54) is 193 Å². The number of amides is 2. The van der Waals surface area contributed by atoms with Gasteiger partial charge in [-0.2, -0.15) is 0 Å².